The van der Waals surface area contributed by atoms with Crippen LogP contribution in [0.4, 0.5) is 0 Å². The van der Waals surface area contributed by atoms with Crippen LogP contribution >= 0.6 is 0 Å². The molecular weight excluding hydrogens is 536 g/mol. The zero-order valence-electron chi connectivity index (χ0n) is 31.4. The van der Waals surface area contributed by atoms with Crippen molar-refractivity contribution in [3.8, 4) is 6.07 Å². The second-order valence-corrected chi connectivity index (χ2v) is 11.3. The van der Waals surface area contributed by atoms with E-state index in [9.17, 15) is 0 Å². The molecule has 0 radical (unpaired) electrons. The van der Waals surface area contributed by atoms with Crippen LogP contribution < -0.4 is 5.32 Å². The lowest BCUT2D eigenvalue weighted by Gasteiger charge is -2.33. The zero-order valence-corrected chi connectivity index (χ0v) is 31.4. The summed E-state index contributed by atoms with van der Waals surface area (Å²) in [6.45, 7) is 32.4. The maximum Gasteiger partial charge on any atom is 0.0991 e. The minimum absolute atomic E-state index is 0.549. The Morgan fingerprint density at radius 2 is 1.48 bits per heavy atom. The number of hydrogen-bond donors (Lipinski definition) is 1. The van der Waals surface area contributed by atoms with Gasteiger partial charge in [0.1, 0.15) is 0 Å². The highest BCUT2D eigenvalue weighted by Gasteiger charge is 2.20. The van der Waals surface area contributed by atoms with Gasteiger partial charge in [-0.1, -0.05) is 118 Å². The van der Waals surface area contributed by atoms with Gasteiger partial charge in [0.2, 0.25) is 0 Å². The summed E-state index contributed by atoms with van der Waals surface area (Å²) in [7, 11) is 0. The standard InChI is InChI=1S/C20H35N3.C13H19N.C4H10.C3H8/c1-7-10-11-22-17(5)20(19(9-3)16(4)8-2)18(6)23-14-12-21-13-15-23;1-4-6-7-9-13(11-14)10-12(3)8-5-2;1-3-4-2;1-3-2/h9-11,16,21H,7-8,12-15H2,1-6H3;6-7,9-10H,4-5,8H2,1-3H3;3-4H2,1-2H3;3H2,1-2H3/b11-10+,19-9-,20-18-,22-17+;7-6+,12-10+,13-9+;;. The summed E-state index contributed by atoms with van der Waals surface area (Å²) in [6.07, 6.45) is 23.4. The Labute approximate surface area is 275 Å². The summed E-state index contributed by atoms with van der Waals surface area (Å²) in [5.74, 6) is 0.549. The SMILES string of the molecule is CC/C=C/C=C(C#N)\C=C(/C)CCC.CCC.CCCC.C\C=C(C(/C(C)=N/C=C/CC)=C(/C)N1CCNCC1)\C(C)CC. The van der Waals surface area contributed by atoms with Crippen molar-refractivity contribution in [3.63, 3.8) is 0 Å². The van der Waals surface area contributed by atoms with Gasteiger partial charge in [0.15, 0.2) is 0 Å². The first-order valence-corrected chi connectivity index (χ1v) is 17.6. The molecule has 4 nitrogen and oxygen atoms in total. The molecule has 0 bridgehead atoms. The molecule has 1 unspecified atom stereocenters. The van der Waals surface area contributed by atoms with Crippen LogP contribution in [-0.2, 0) is 0 Å². The van der Waals surface area contributed by atoms with Crippen molar-refractivity contribution in [2.24, 2.45) is 10.9 Å². The second-order valence-electron chi connectivity index (χ2n) is 11.3. The smallest absolute Gasteiger partial charge is 0.0991 e. The van der Waals surface area contributed by atoms with Crippen molar-refractivity contribution in [3.05, 3.63) is 70.6 Å². The highest BCUT2D eigenvalue weighted by molar-refractivity contribution is 6.03. The molecule has 1 N–H and O–H groups in total. The molecule has 252 valence electrons. The van der Waals surface area contributed by atoms with Gasteiger partial charge in [0, 0.05) is 49.4 Å². The van der Waals surface area contributed by atoms with Crippen molar-refractivity contribution in [2.75, 3.05) is 26.2 Å². The third-order valence-corrected chi connectivity index (χ3v) is 6.99. The number of nitrogens with one attached hydrogen (secondary N) is 1. The fourth-order valence-electron chi connectivity index (χ4n) is 4.22. The van der Waals surface area contributed by atoms with Gasteiger partial charge in [0.05, 0.1) is 11.6 Å². The zero-order chi connectivity index (χ0) is 34.2. The van der Waals surface area contributed by atoms with E-state index in [1.807, 2.05) is 30.5 Å². The minimum Gasteiger partial charge on any atom is -0.372 e. The number of unbranched alkanes of at least 4 members (excludes halogenated alkanes) is 1. The summed E-state index contributed by atoms with van der Waals surface area (Å²) < 4.78 is 0. The largest absolute Gasteiger partial charge is 0.372 e. The lowest BCUT2D eigenvalue weighted by Crippen LogP contribution is -2.43. The first kappa shape index (κ1) is 45.8. The van der Waals surface area contributed by atoms with Crippen LogP contribution in [0.25, 0.3) is 0 Å². The van der Waals surface area contributed by atoms with Gasteiger partial charge < -0.3 is 10.2 Å². The Bertz CT molecular complexity index is 942. The third-order valence-electron chi connectivity index (χ3n) is 6.99. The monoisotopic (exact) mass is 609 g/mol. The molecule has 1 saturated heterocycles. The van der Waals surface area contributed by atoms with Crippen molar-refractivity contribution in [1.82, 2.24) is 10.2 Å². The van der Waals surface area contributed by atoms with Gasteiger partial charge in [-0.05, 0) is 77.0 Å². The lowest BCUT2D eigenvalue weighted by molar-refractivity contribution is 0.298. The molecular formula is C40H72N4. The van der Waals surface area contributed by atoms with Crippen LogP contribution in [0, 0.1) is 17.2 Å². The van der Waals surface area contributed by atoms with Crippen LogP contribution in [0.3, 0.4) is 0 Å². The lowest BCUT2D eigenvalue weighted by atomic mass is 9.87. The molecule has 1 aliphatic heterocycles. The second kappa shape index (κ2) is 33.3. The number of nitriles is 1. The highest BCUT2D eigenvalue weighted by Crippen LogP contribution is 2.28. The average Bonchev–Trinajstić information content (AvgIpc) is 3.03. The summed E-state index contributed by atoms with van der Waals surface area (Å²) in [4.78, 5) is 7.21. The maximum absolute atomic E-state index is 8.85. The van der Waals surface area contributed by atoms with Crippen LogP contribution in [0.1, 0.15) is 141 Å². The van der Waals surface area contributed by atoms with Crippen molar-refractivity contribution >= 4 is 5.71 Å². The number of nitrogens with zero attached hydrogens (tertiary/aromatic N) is 3. The Kier molecular flexibility index (Phi) is 34.6. The first-order chi connectivity index (χ1) is 21.1. The van der Waals surface area contributed by atoms with Gasteiger partial charge in [-0.15, -0.1) is 0 Å². The molecule has 1 fully saturated rings. The topological polar surface area (TPSA) is 51.4 Å². The minimum atomic E-state index is 0.549. The molecule has 0 aliphatic carbocycles. The van der Waals surface area contributed by atoms with Crippen LogP contribution in [0.15, 0.2) is 75.6 Å². The molecule has 44 heavy (non-hydrogen) atoms. The Hall–Kier alpha value is -2.64. The summed E-state index contributed by atoms with van der Waals surface area (Å²) in [5, 5.41) is 12.3. The Morgan fingerprint density at radius 3 is 1.91 bits per heavy atom. The van der Waals surface area contributed by atoms with E-state index in [0.717, 1.165) is 69.6 Å². The molecule has 1 heterocycles. The van der Waals surface area contributed by atoms with E-state index >= 15 is 0 Å². The number of hydrogen-bond acceptors (Lipinski definition) is 4. The predicted octanol–water partition coefficient (Wildman–Crippen LogP) is 11.9. The normalized spacial score (nSPS) is 15.8. The van der Waals surface area contributed by atoms with Gasteiger partial charge >= 0.3 is 0 Å². The third kappa shape index (κ3) is 23.8. The van der Waals surface area contributed by atoms with E-state index in [4.69, 9.17) is 10.3 Å². The fourth-order valence-corrected chi connectivity index (χ4v) is 4.22. The maximum atomic E-state index is 8.85. The molecule has 1 atom stereocenters. The van der Waals surface area contributed by atoms with E-state index < -0.39 is 0 Å². The Morgan fingerprint density at radius 1 is 0.909 bits per heavy atom. The summed E-state index contributed by atoms with van der Waals surface area (Å²) in [6, 6.07) is 2.18. The molecule has 4 heteroatoms. The number of rotatable bonds is 13. The van der Waals surface area contributed by atoms with Crippen molar-refractivity contribution in [2.45, 2.75) is 141 Å². The predicted molar refractivity (Wildman–Crippen MR) is 201 cm³/mol. The van der Waals surface area contributed by atoms with Gasteiger partial charge in [0.25, 0.3) is 0 Å². The van der Waals surface area contributed by atoms with Gasteiger partial charge in [-0.25, -0.2) is 0 Å². The van der Waals surface area contributed by atoms with Gasteiger partial charge in [-0.2, -0.15) is 5.26 Å². The molecule has 0 amide bonds. The van der Waals surface area contributed by atoms with Crippen LogP contribution in [-0.4, -0.2) is 36.8 Å². The Balaban J connectivity index is -0.000000677. The molecule has 0 aromatic rings. The fraction of sp³-hybridized carbons (Fsp3) is 0.650. The summed E-state index contributed by atoms with van der Waals surface area (Å²) >= 11 is 0. The molecule has 0 saturated carbocycles. The molecule has 0 aromatic carbocycles. The molecule has 0 spiro atoms. The molecule has 0 aromatic heterocycles. The quantitative estimate of drug-likeness (QED) is 0.128. The molecule has 1 rings (SSSR count). The van der Waals surface area contributed by atoms with Gasteiger partial charge in [-0.3, -0.25) is 4.99 Å². The van der Waals surface area contributed by atoms with E-state index in [1.165, 1.54) is 41.7 Å². The average molecular weight is 609 g/mol. The van der Waals surface area contributed by atoms with E-state index in [-0.39, 0.29) is 0 Å². The van der Waals surface area contributed by atoms with Crippen molar-refractivity contribution in [1.29, 1.82) is 5.26 Å². The van der Waals surface area contributed by atoms with E-state index in [1.54, 1.807) is 0 Å². The van der Waals surface area contributed by atoms with Crippen molar-refractivity contribution < 1.29 is 0 Å². The van der Waals surface area contributed by atoms with E-state index in [0.29, 0.717) is 5.92 Å². The van der Waals surface area contributed by atoms with Crippen LogP contribution in [0.2, 0.25) is 0 Å². The first-order valence-electron chi connectivity index (χ1n) is 17.6. The number of aliphatic imine (C=N–C) groups is 1. The van der Waals surface area contributed by atoms with Crippen LogP contribution in [0.5, 0.6) is 0 Å². The number of piperazine rings is 1. The van der Waals surface area contributed by atoms with E-state index in [2.05, 4.69) is 118 Å². The highest BCUT2D eigenvalue weighted by atomic mass is 15.2. The summed E-state index contributed by atoms with van der Waals surface area (Å²) in [5.41, 5.74) is 7.26. The number of allylic oxidation sites excluding steroid dienone is 11. The molecule has 1 aliphatic rings.